The van der Waals surface area contributed by atoms with Gasteiger partial charge in [-0.05, 0) is 77.1 Å². The molecule has 0 saturated carbocycles. The van der Waals surface area contributed by atoms with E-state index in [1.165, 1.54) is 32.5 Å². The molecule has 0 aliphatic heterocycles. The molecule has 53 heavy (non-hydrogen) atoms. The number of fused-ring (bicyclic) bond motifs is 5. The van der Waals surface area contributed by atoms with Crippen molar-refractivity contribution in [2.24, 2.45) is 0 Å². The van der Waals surface area contributed by atoms with Gasteiger partial charge in [0.15, 0.2) is 0 Å². The van der Waals surface area contributed by atoms with Crippen LogP contribution in [0.2, 0.25) is 0 Å². The third kappa shape index (κ3) is 6.88. The molecule has 0 unspecified atom stereocenters. The van der Waals surface area contributed by atoms with Gasteiger partial charge in [0.25, 0.3) is 0 Å². The summed E-state index contributed by atoms with van der Waals surface area (Å²) in [6.45, 7) is 6.86. The Morgan fingerprint density at radius 2 is 1.66 bits per heavy atom. The summed E-state index contributed by atoms with van der Waals surface area (Å²) in [5.74, 6) is 0.861. The van der Waals surface area contributed by atoms with Gasteiger partial charge >= 0.3 is 20.1 Å². The van der Waals surface area contributed by atoms with Gasteiger partial charge in [-0.25, -0.2) is 0 Å². The van der Waals surface area contributed by atoms with Gasteiger partial charge in [-0.1, -0.05) is 98.9 Å². The molecule has 0 bridgehead atoms. The molecule has 0 aliphatic carbocycles. The van der Waals surface area contributed by atoms with Gasteiger partial charge in [-0.15, -0.1) is 29.5 Å². The van der Waals surface area contributed by atoms with Crippen molar-refractivity contribution < 1.29 is 35.9 Å². The molecule has 5 aromatic carbocycles. The molecule has 0 atom stereocenters. The molecule has 0 N–H and O–H groups in total. The molecular formula is C47H41IrN3OS+. The monoisotopic (exact) mass is 893 g/mol. The van der Waals surface area contributed by atoms with Crippen molar-refractivity contribution >= 4 is 54.4 Å². The second-order valence-electron chi connectivity index (χ2n) is 13.5. The molecule has 4 aromatic heterocycles. The van der Waals surface area contributed by atoms with Crippen LogP contribution in [0.3, 0.4) is 0 Å². The molecule has 9 aromatic rings. The second kappa shape index (κ2) is 15.2. The Hall–Kier alpha value is -4.87. The van der Waals surface area contributed by atoms with E-state index in [-0.39, 0.29) is 25.7 Å². The fourth-order valence-corrected chi connectivity index (χ4v) is 8.06. The van der Waals surface area contributed by atoms with E-state index >= 15 is 0 Å². The number of nitrogens with zero attached hydrogens (tertiary/aromatic N) is 3. The standard InChI is InChI=1S/C29H29N2S.C18H12NO.Ir/c1-6-30-18-31(22-11-8-7-9-12-22)26-17-27-21(15-25(26)30)16-28(32-27)29-23(19(2)3)13-10-14-24(29)20(4)5;1-12-9-10-16(19-11-12)15-7-4-6-14-13-5-2-3-8-17(13)20-18(14)15;/h7-11,13-17,19-20H,6H2,1-5H3;2-6,8-11H,1H3;/q2*-1;+3/i6D2;1D3;. The molecule has 0 saturated heterocycles. The van der Waals surface area contributed by atoms with Crippen LogP contribution in [0.1, 0.15) is 70.0 Å². The average molecular weight is 893 g/mol. The van der Waals surface area contributed by atoms with E-state index in [9.17, 15) is 0 Å². The zero-order valence-corrected chi connectivity index (χ0v) is 33.3. The van der Waals surface area contributed by atoms with Crippen LogP contribution in [-0.4, -0.2) is 9.55 Å². The quantitative estimate of drug-likeness (QED) is 0.123. The van der Waals surface area contributed by atoms with Crippen molar-refractivity contribution in [2.75, 3.05) is 0 Å². The van der Waals surface area contributed by atoms with Gasteiger partial charge in [0, 0.05) is 25.3 Å². The third-order valence-corrected chi connectivity index (χ3v) is 10.5. The van der Waals surface area contributed by atoms with Crippen LogP contribution in [0.15, 0.2) is 120 Å². The first kappa shape index (κ1) is 30.6. The van der Waals surface area contributed by atoms with Crippen molar-refractivity contribution in [3.63, 3.8) is 0 Å². The van der Waals surface area contributed by atoms with E-state index in [0.717, 1.165) is 44.0 Å². The van der Waals surface area contributed by atoms with E-state index in [0.29, 0.717) is 23.1 Å². The van der Waals surface area contributed by atoms with Crippen LogP contribution in [0.4, 0.5) is 0 Å². The van der Waals surface area contributed by atoms with Crippen LogP contribution in [0.5, 0.6) is 0 Å². The summed E-state index contributed by atoms with van der Waals surface area (Å²) >= 11 is 1.81. The minimum Gasteiger partial charge on any atom is -0.501 e. The zero-order chi connectivity index (χ0) is 40.2. The number of furan rings is 1. The molecule has 4 heterocycles. The number of imidazole rings is 1. The summed E-state index contributed by atoms with van der Waals surface area (Å²) in [6.07, 6.45) is 4.62. The summed E-state index contributed by atoms with van der Waals surface area (Å²) in [5.41, 5.74) is 9.81. The van der Waals surface area contributed by atoms with Crippen molar-refractivity contribution in [3.8, 4) is 27.4 Å². The minimum atomic E-state index is -2.15. The summed E-state index contributed by atoms with van der Waals surface area (Å²) in [5, 5.41) is 3.16. The van der Waals surface area contributed by atoms with Crippen LogP contribution in [0, 0.1) is 25.3 Å². The van der Waals surface area contributed by atoms with Gasteiger partial charge in [-0.3, -0.25) is 0 Å². The van der Waals surface area contributed by atoms with Crippen molar-refractivity contribution in [1.82, 2.24) is 9.55 Å². The Morgan fingerprint density at radius 1 is 0.868 bits per heavy atom. The Kier molecular flexibility index (Phi) is 8.79. The number of thiophene rings is 1. The molecule has 0 spiro atoms. The molecule has 264 valence electrons. The predicted molar refractivity (Wildman–Crippen MR) is 216 cm³/mol. The molecular weight excluding hydrogens is 847 g/mol. The number of aromatic nitrogens is 3. The van der Waals surface area contributed by atoms with Crippen molar-refractivity contribution in [3.05, 3.63) is 151 Å². The van der Waals surface area contributed by atoms with Crippen molar-refractivity contribution in [2.45, 2.75) is 59.8 Å². The second-order valence-corrected chi connectivity index (χ2v) is 14.6. The van der Waals surface area contributed by atoms with Crippen LogP contribution in [-0.2, 0) is 26.6 Å². The molecule has 0 amide bonds. The van der Waals surface area contributed by atoms with Gasteiger partial charge < -0.3 is 18.5 Å². The smallest absolute Gasteiger partial charge is 0.501 e. The number of rotatable bonds is 6. The fraction of sp³-hybridized carbons (Fsp3) is 0.191. The summed E-state index contributed by atoms with van der Waals surface area (Å²) in [4.78, 5) is 5.55. The molecule has 0 aliphatic rings. The van der Waals surface area contributed by atoms with E-state index in [1.54, 1.807) is 23.6 Å². The first-order valence-electron chi connectivity index (χ1n) is 20.0. The summed E-state index contributed by atoms with van der Waals surface area (Å²) in [6, 6.07) is 42.3. The molecule has 4 nitrogen and oxygen atoms in total. The number of hydrogen-bond donors (Lipinski definition) is 0. The molecule has 9 rings (SSSR count). The fourth-order valence-electron chi connectivity index (χ4n) is 6.89. The van der Waals surface area contributed by atoms with E-state index in [2.05, 4.69) is 87.5 Å². The van der Waals surface area contributed by atoms with E-state index in [1.807, 2.05) is 76.6 Å². The van der Waals surface area contributed by atoms with Gasteiger partial charge in [0.05, 0.1) is 25.9 Å². The van der Waals surface area contributed by atoms with Crippen molar-refractivity contribution in [1.29, 1.82) is 0 Å². The molecule has 6 heteroatoms. The first-order valence-corrected chi connectivity index (χ1v) is 18.3. The zero-order valence-electron chi connectivity index (χ0n) is 35.1. The number of aryl methyl sites for hydroxylation is 2. The van der Waals surface area contributed by atoms with Gasteiger partial charge in [0.1, 0.15) is 5.58 Å². The van der Waals surface area contributed by atoms with Gasteiger partial charge in [0.2, 0.25) is 6.33 Å². The number of para-hydroxylation sites is 2. The predicted octanol–water partition coefficient (Wildman–Crippen LogP) is 12.4. The molecule has 0 radical (unpaired) electrons. The first-order chi connectivity index (χ1) is 27.2. The Bertz CT molecular complexity index is 2860. The van der Waals surface area contributed by atoms with Gasteiger partial charge in [-0.2, -0.15) is 30.3 Å². The largest absolute Gasteiger partial charge is 3.00 e. The number of benzene rings is 5. The van der Waals surface area contributed by atoms with Crippen LogP contribution >= 0.6 is 11.3 Å². The number of pyridine rings is 1. The number of hydrogen-bond acceptors (Lipinski definition) is 3. The Morgan fingerprint density at radius 3 is 2.36 bits per heavy atom. The van der Waals surface area contributed by atoms with Crippen LogP contribution in [0.25, 0.3) is 70.4 Å². The summed E-state index contributed by atoms with van der Waals surface area (Å²) in [7, 11) is 0. The molecule has 0 fully saturated rings. The van der Waals surface area contributed by atoms with Crippen LogP contribution < -0.4 is 4.57 Å². The minimum absolute atomic E-state index is 0. The third-order valence-electron chi connectivity index (χ3n) is 9.43. The normalized spacial score (nSPS) is 13.4. The van der Waals surface area contributed by atoms with E-state index in [4.69, 9.17) is 11.3 Å². The maximum Gasteiger partial charge on any atom is 3.00 e. The SMILES string of the molecule is [2H]C([2H])(C)[n+]1[c-]n(-c2[c-]cccc2)c2cc3sc(-c4c(C(C)C)cccc4C(C)C)cc3cc21.[2H]C([2H])([2H])c1ccc(-c2[c-]ccc3c2oc2ccccc23)nc1.[Ir+3]. The topological polar surface area (TPSA) is 34.8 Å². The maximum atomic E-state index is 8.41. The Balaban J connectivity index is 0.000000186. The Labute approximate surface area is 336 Å². The summed E-state index contributed by atoms with van der Waals surface area (Å²) < 4.78 is 49.7. The van der Waals surface area contributed by atoms with E-state index < -0.39 is 13.3 Å². The average Bonchev–Trinajstić information content (AvgIpc) is 3.90. The maximum absolute atomic E-state index is 8.41.